The Morgan fingerprint density at radius 1 is 1.44 bits per heavy atom. The molecule has 0 aliphatic carbocycles. The van der Waals surface area contributed by atoms with E-state index < -0.39 is 5.92 Å². The number of rotatable bonds is 4. The number of nitrogens with two attached hydrogens (primary N) is 1. The first-order valence-electron chi connectivity index (χ1n) is 5.70. The maximum absolute atomic E-state index is 12.2. The number of hydrogen-bond acceptors (Lipinski definition) is 2. The highest BCUT2D eigenvalue weighted by molar-refractivity contribution is 9.10. The molecule has 0 spiro atoms. The Morgan fingerprint density at radius 3 is 2.56 bits per heavy atom. The van der Waals surface area contributed by atoms with Gasteiger partial charge in [0.25, 0.3) is 0 Å². The van der Waals surface area contributed by atoms with E-state index in [9.17, 15) is 4.79 Å². The quantitative estimate of drug-likeness (QED) is 0.834. The van der Waals surface area contributed by atoms with Crippen LogP contribution >= 0.6 is 28.1 Å². The summed E-state index contributed by atoms with van der Waals surface area (Å²) >= 11 is 8.38. The van der Waals surface area contributed by atoms with Crippen molar-refractivity contribution in [2.45, 2.75) is 20.8 Å². The molecule has 0 radical (unpaired) electrons. The lowest BCUT2D eigenvalue weighted by atomic mass is 9.95. The van der Waals surface area contributed by atoms with Gasteiger partial charge in [0.1, 0.15) is 0 Å². The zero-order valence-corrected chi connectivity index (χ0v) is 13.1. The zero-order valence-electron chi connectivity index (χ0n) is 10.7. The van der Waals surface area contributed by atoms with Gasteiger partial charge >= 0.3 is 0 Å². The summed E-state index contributed by atoms with van der Waals surface area (Å²) in [4.78, 5) is 12.4. The van der Waals surface area contributed by atoms with E-state index in [1.807, 2.05) is 39.0 Å². The smallest absolute Gasteiger partial charge is 0.234 e. The molecule has 0 heterocycles. The van der Waals surface area contributed by atoms with Crippen molar-refractivity contribution in [3.63, 3.8) is 0 Å². The minimum Gasteiger partial charge on any atom is -0.393 e. The predicted octanol–water partition coefficient (Wildman–Crippen LogP) is 3.25. The van der Waals surface area contributed by atoms with Crippen molar-refractivity contribution >= 4 is 44.7 Å². The van der Waals surface area contributed by atoms with Crippen molar-refractivity contribution in [2.75, 3.05) is 5.32 Å². The van der Waals surface area contributed by atoms with E-state index in [0.717, 1.165) is 15.7 Å². The van der Waals surface area contributed by atoms with Crippen LogP contribution in [-0.4, -0.2) is 10.9 Å². The molecule has 1 amide bonds. The molecule has 0 aliphatic heterocycles. The number of hydrogen-bond donors (Lipinski definition) is 2. The number of amides is 1. The summed E-state index contributed by atoms with van der Waals surface area (Å²) in [6.07, 6.45) is 0. The van der Waals surface area contributed by atoms with Crippen molar-refractivity contribution in [3.8, 4) is 0 Å². The largest absolute Gasteiger partial charge is 0.393 e. The SMILES string of the molecule is Cc1c(Br)cccc1NC(=O)C(C(N)=S)C(C)C. The number of carbonyl (C=O) groups excluding carboxylic acids is 1. The minimum absolute atomic E-state index is 0.0787. The molecule has 1 atom stereocenters. The summed E-state index contributed by atoms with van der Waals surface area (Å²) in [5.41, 5.74) is 7.38. The van der Waals surface area contributed by atoms with E-state index in [-0.39, 0.29) is 16.8 Å². The third kappa shape index (κ3) is 3.53. The Balaban J connectivity index is 2.93. The van der Waals surface area contributed by atoms with Crippen molar-refractivity contribution in [1.82, 2.24) is 0 Å². The molecule has 98 valence electrons. The van der Waals surface area contributed by atoms with Crippen LogP contribution in [0, 0.1) is 18.8 Å². The molecule has 1 aromatic carbocycles. The first-order chi connectivity index (χ1) is 8.34. The van der Waals surface area contributed by atoms with Gasteiger partial charge in [-0.15, -0.1) is 0 Å². The van der Waals surface area contributed by atoms with E-state index in [0.29, 0.717) is 0 Å². The van der Waals surface area contributed by atoms with Crippen LogP contribution in [0.3, 0.4) is 0 Å². The summed E-state index contributed by atoms with van der Waals surface area (Å²) in [6, 6.07) is 5.66. The molecule has 3 nitrogen and oxygen atoms in total. The monoisotopic (exact) mass is 328 g/mol. The van der Waals surface area contributed by atoms with E-state index >= 15 is 0 Å². The molecule has 0 saturated carbocycles. The summed E-state index contributed by atoms with van der Waals surface area (Å²) in [5, 5.41) is 2.88. The maximum atomic E-state index is 12.2. The Bertz CT molecular complexity index is 474. The topological polar surface area (TPSA) is 55.1 Å². The molecule has 18 heavy (non-hydrogen) atoms. The van der Waals surface area contributed by atoms with Gasteiger partial charge in [0.05, 0.1) is 10.9 Å². The second-order valence-corrected chi connectivity index (χ2v) is 5.85. The van der Waals surface area contributed by atoms with Crippen LogP contribution in [0.4, 0.5) is 5.69 Å². The molecular weight excluding hydrogens is 312 g/mol. The summed E-state index contributed by atoms with van der Waals surface area (Å²) in [7, 11) is 0. The lowest BCUT2D eigenvalue weighted by Crippen LogP contribution is -2.36. The fraction of sp³-hybridized carbons (Fsp3) is 0.385. The molecule has 0 fully saturated rings. The average molecular weight is 329 g/mol. The molecule has 1 aromatic rings. The highest BCUT2D eigenvalue weighted by Crippen LogP contribution is 2.24. The molecule has 1 rings (SSSR count). The van der Waals surface area contributed by atoms with Crippen molar-refractivity contribution in [2.24, 2.45) is 17.6 Å². The molecule has 0 aliphatic rings. The molecule has 0 aromatic heterocycles. The van der Waals surface area contributed by atoms with Crippen LogP contribution in [0.2, 0.25) is 0 Å². The number of benzene rings is 1. The standard InChI is InChI=1S/C13H17BrN2OS/c1-7(2)11(12(15)18)13(17)16-10-6-4-5-9(14)8(10)3/h4-7,11H,1-3H3,(H2,15,18)(H,16,17). The van der Waals surface area contributed by atoms with Crippen LogP contribution in [0.15, 0.2) is 22.7 Å². The molecule has 0 saturated heterocycles. The lowest BCUT2D eigenvalue weighted by Gasteiger charge is -2.19. The van der Waals surface area contributed by atoms with Gasteiger partial charge in [0, 0.05) is 10.2 Å². The van der Waals surface area contributed by atoms with Crippen LogP contribution in [0.25, 0.3) is 0 Å². The highest BCUT2D eigenvalue weighted by Gasteiger charge is 2.25. The molecule has 1 unspecified atom stereocenters. The zero-order chi connectivity index (χ0) is 13.9. The van der Waals surface area contributed by atoms with Gasteiger partial charge in [-0.05, 0) is 30.5 Å². The van der Waals surface area contributed by atoms with Gasteiger partial charge in [-0.1, -0.05) is 48.1 Å². The second kappa shape index (κ2) is 6.29. The van der Waals surface area contributed by atoms with Crippen LogP contribution in [0.5, 0.6) is 0 Å². The van der Waals surface area contributed by atoms with Crippen LogP contribution in [-0.2, 0) is 4.79 Å². The third-order valence-electron chi connectivity index (χ3n) is 2.78. The maximum Gasteiger partial charge on any atom is 0.234 e. The summed E-state index contributed by atoms with van der Waals surface area (Å²) in [6.45, 7) is 5.79. The summed E-state index contributed by atoms with van der Waals surface area (Å²) < 4.78 is 0.955. The van der Waals surface area contributed by atoms with Crippen molar-refractivity contribution in [1.29, 1.82) is 0 Å². The Kier molecular flexibility index (Phi) is 5.28. The van der Waals surface area contributed by atoms with Gasteiger partial charge in [-0.3, -0.25) is 4.79 Å². The normalized spacial score (nSPS) is 12.3. The molecule has 0 bridgehead atoms. The van der Waals surface area contributed by atoms with Gasteiger partial charge < -0.3 is 11.1 Å². The van der Waals surface area contributed by atoms with Gasteiger partial charge in [0.2, 0.25) is 5.91 Å². The predicted molar refractivity (Wildman–Crippen MR) is 82.6 cm³/mol. The Labute approximate surface area is 121 Å². The van der Waals surface area contributed by atoms with Gasteiger partial charge in [-0.2, -0.15) is 0 Å². The number of carbonyl (C=O) groups is 1. The van der Waals surface area contributed by atoms with Crippen LogP contribution < -0.4 is 11.1 Å². The fourth-order valence-electron chi connectivity index (χ4n) is 1.71. The molecule has 3 N–H and O–H groups in total. The number of halogens is 1. The lowest BCUT2D eigenvalue weighted by molar-refractivity contribution is -0.118. The Morgan fingerprint density at radius 2 is 2.06 bits per heavy atom. The van der Waals surface area contributed by atoms with E-state index in [4.69, 9.17) is 18.0 Å². The average Bonchev–Trinajstić information content (AvgIpc) is 2.23. The van der Waals surface area contributed by atoms with Crippen molar-refractivity contribution < 1.29 is 4.79 Å². The highest BCUT2D eigenvalue weighted by atomic mass is 79.9. The van der Waals surface area contributed by atoms with Gasteiger partial charge in [-0.25, -0.2) is 0 Å². The number of anilines is 1. The van der Waals surface area contributed by atoms with Gasteiger partial charge in [0.15, 0.2) is 0 Å². The first kappa shape index (κ1) is 15.1. The number of nitrogens with one attached hydrogen (secondary N) is 1. The van der Waals surface area contributed by atoms with E-state index in [1.54, 1.807) is 0 Å². The Hall–Kier alpha value is -0.940. The second-order valence-electron chi connectivity index (χ2n) is 4.53. The van der Waals surface area contributed by atoms with E-state index in [2.05, 4.69) is 21.2 Å². The first-order valence-corrected chi connectivity index (χ1v) is 6.90. The molecular formula is C13H17BrN2OS. The fourth-order valence-corrected chi connectivity index (χ4v) is 2.46. The third-order valence-corrected chi connectivity index (χ3v) is 3.89. The van der Waals surface area contributed by atoms with Crippen molar-refractivity contribution in [3.05, 3.63) is 28.2 Å². The number of thiocarbonyl (C=S) groups is 1. The van der Waals surface area contributed by atoms with Crippen LogP contribution in [0.1, 0.15) is 19.4 Å². The summed E-state index contributed by atoms with van der Waals surface area (Å²) in [5.74, 6) is -0.521. The molecule has 5 heteroatoms. The minimum atomic E-state index is -0.446. The van der Waals surface area contributed by atoms with E-state index in [1.165, 1.54) is 0 Å².